The smallest absolute Gasteiger partial charge is 0.187 e. The second-order valence-corrected chi connectivity index (χ2v) is 24.1. The fraction of sp³-hybridized carbons (Fsp3) is 0.878. The van der Waals surface area contributed by atoms with Crippen LogP contribution in [0.25, 0.3) is 0 Å². The molecule has 20 N–H and O–H groups in total. The van der Waals surface area contributed by atoms with Crippen LogP contribution in [-0.2, 0) is 76.2 Å². The molecule has 14 bridgehead atoms. The van der Waals surface area contributed by atoms with Crippen molar-refractivity contribution in [2.45, 2.75) is 227 Å². The number of aliphatic hydroxyl groups excluding tert-OH is 20. The van der Waals surface area contributed by atoms with Gasteiger partial charge in [0.2, 0.25) is 0 Å². The van der Waals surface area contributed by atoms with Crippen LogP contribution in [0.15, 0.2) is 29.2 Å². The van der Waals surface area contributed by atoms with E-state index in [1.807, 2.05) is 0 Å². The second-order valence-electron chi connectivity index (χ2n) is 22.1. The van der Waals surface area contributed by atoms with E-state index in [0.29, 0.717) is 5.56 Å². The topological polar surface area (TPSA) is 568 Å². The molecule has 21 fully saturated rings. The van der Waals surface area contributed by atoms with Gasteiger partial charge in [0.1, 0.15) is 171 Å². The van der Waals surface area contributed by atoms with E-state index in [0.717, 1.165) is 0 Å². The van der Waals surface area contributed by atoms with Crippen molar-refractivity contribution in [3.8, 4) is 0 Å². The van der Waals surface area contributed by atoms with Crippen LogP contribution in [0.4, 0.5) is 0 Å². The number of hydrogen-bond acceptors (Lipinski definition) is 36. The van der Waals surface area contributed by atoms with Crippen molar-refractivity contribution in [1.29, 1.82) is 0 Å². The summed E-state index contributed by atoms with van der Waals surface area (Å²) < 4.78 is 109. The SMILES string of the molecule is Cc1ccc(S(=O)(=O)C[C@H]2O[C@@H]3O[C@@H]4[C@H](O)[C@@H](O)[C@@H](O[C@@H]5[C@H](O)[C@@H](O)[C@@H](O[C@@H]6[C@H](O)[C@@H](O)[C@@H](O[C@@H]7[C@H](O)[C@@H](O)[C@@H](O[C@@H]8[C@H](O)[C@@H](O)[C@@H](O[C@@H]9[C@H](O)[C@@H](O)[C@@H](O[C@@H]2[C@H](O)[C@H]3O)O[C@@H]9CO)O[C@@H]8CO)O[C@@H]7CO)O[C@@H]6CO)O[C@@H]5CO)O[C@@H]4CO)cc1. The fourth-order valence-electron chi connectivity index (χ4n) is 11.5. The maximum atomic E-state index is 14.1. The van der Waals surface area contributed by atoms with E-state index >= 15 is 0 Å². The number of aliphatic hydroxyl groups is 20. The van der Waals surface area contributed by atoms with Gasteiger partial charge in [-0.2, -0.15) is 0 Å². The van der Waals surface area contributed by atoms with Gasteiger partial charge in [-0.05, 0) is 19.1 Å². The van der Waals surface area contributed by atoms with Gasteiger partial charge >= 0.3 is 0 Å². The van der Waals surface area contributed by atoms with Crippen molar-refractivity contribution >= 4 is 9.84 Å². The summed E-state index contributed by atoms with van der Waals surface area (Å²) >= 11 is 0. The third-order valence-corrected chi connectivity index (χ3v) is 18.1. The van der Waals surface area contributed by atoms with Gasteiger partial charge in [0.05, 0.1) is 50.3 Å². The quantitative estimate of drug-likeness (QED) is 0.109. The molecule has 494 valence electrons. The van der Waals surface area contributed by atoms with Crippen LogP contribution >= 0.6 is 0 Å². The van der Waals surface area contributed by atoms with Crippen molar-refractivity contribution < 1.29 is 177 Å². The first-order chi connectivity index (χ1) is 40.8. The maximum absolute atomic E-state index is 14.1. The van der Waals surface area contributed by atoms with Crippen molar-refractivity contribution in [2.75, 3.05) is 45.4 Å². The number of sulfone groups is 1. The van der Waals surface area contributed by atoms with Crippen LogP contribution in [0, 0.1) is 6.92 Å². The molecule has 1 aromatic rings. The zero-order valence-electron chi connectivity index (χ0n) is 45.4. The average Bonchev–Trinajstić information content (AvgIpc) is 1.72. The highest BCUT2D eigenvalue weighted by molar-refractivity contribution is 7.91. The van der Waals surface area contributed by atoms with Crippen LogP contribution < -0.4 is 0 Å². The molecule has 86 heavy (non-hydrogen) atoms. The van der Waals surface area contributed by atoms with Gasteiger partial charge in [0.25, 0.3) is 0 Å². The number of hydrogen-bond donors (Lipinski definition) is 20. The Morgan fingerprint density at radius 3 is 0.640 bits per heavy atom. The van der Waals surface area contributed by atoms with Gasteiger partial charge in [-0.3, -0.25) is 0 Å². The zero-order valence-corrected chi connectivity index (χ0v) is 46.2. The van der Waals surface area contributed by atoms with E-state index in [1.54, 1.807) is 6.92 Å². The first-order valence-electron chi connectivity index (χ1n) is 27.5. The van der Waals surface area contributed by atoms with Crippen molar-refractivity contribution in [1.82, 2.24) is 0 Å². The van der Waals surface area contributed by atoms with Crippen LogP contribution in [0.2, 0.25) is 0 Å². The van der Waals surface area contributed by atoms with Crippen molar-refractivity contribution in [3.63, 3.8) is 0 Å². The van der Waals surface area contributed by atoms with Crippen molar-refractivity contribution in [3.05, 3.63) is 29.8 Å². The Morgan fingerprint density at radius 2 is 0.453 bits per heavy atom. The first-order valence-corrected chi connectivity index (χ1v) is 29.1. The Kier molecular flexibility index (Phi) is 22.5. The lowest BCUT2D eigenvalue weighted by molar-refractivity contribution is -0.396. The zero-order chi connectivity index (χ0) is 62.5. The summed E-state index contributed by atoms with van der Waals surface area (Å²) in [6, 6.07) is 5.39. The molecule has 0 radical (unpaired) electrons. The highest BCUT2D eigenvalue weighted by Gasteiger charge is 2.60. The summed E-state index contributed by atoms with van der Waals surface area (Å²) in [6.07, 6.45) is -72.9. The molecule has 36 nitrogen and oxygen atoms in total. The summed E-state index contributed by atoms with van der Waals surface area (Å²) in [7, 11) is -4.52. The van der Waals surface area contributed by atoms with Gasteiger partial charge in [0.15, 0.2) is 53.9 Å². The Labute approximate surface area is 487 Å². The molecule has 1 aromatic carbocycles. The highest BCUT2D eigenvalue weighted by atomic mass is 32.2. The van der Waals surface area contributed by atoms with Crippen LogP contribution in [0.3, 0.4) is 0 Å². The number of benzene rings is 1. The predicted molar refractivity (Wildman–Crippen MR) is 265 cm³/mol. The summed E-state index contributed by atoms with van der Waals surface area (Å²) in [6.45, 7) is -4.85. The molecule has 0 amide bonds. The minimum absolute atomic E-state index is 0.293. The molecule has 21 aliphatic heterocycles. The predicted octanol–water partition coefficient (Wildman–Crippen LogP) is -13.4. The molecule has 37 heteroatoms. The monoisotopic (exact) mass is 1270 g/mol. The standard InChI is InChI=1S/C49H76O36S/c1-13-2-4-14(5-3-13)86(70,71)12-21-42-28(62)35(69)49(78-21)84-41-20(11-55)76-47(33(67)26(41)60)82-39-18(9-53)74-45(31(65)24(39)58)80-37-16(7-51)72-43(29(63)22(37)56)79-36-15(6-50)73-44(30(64)23(36)57)81-38-17(8-52)75-46(32(66)25(38)59)83-40-19(10-54)77-48(85-42)34(68)27(40)61/h2-5,15-69H,6-12H2,1H3/t15-,16-,17-,18-,19-,20-,21-,22-,23-,24-,25-,26-,27-,28-,29-,30-,31-,32-,33-,34-,35-,36+,37+,38+,39+,40+,41+,42+,43-,44-,45-,46-,47-,48-,49-/m1/s1. The molecule has 35 atom stereocenters. The molecule has 0 aliphatic carbocycles. The Morgan fingerprint density at radius 1 is 0.279 bits per heavy atom. The number of rotatable bonds is 9. The minimum Gasteiger partial charge on any atom is -0.394 e. The third kappa shape index (κ3) is 13.5. The van der Waals surface area contributed by atoms with Gasteiger partial charge in [-0.25, -0.2) is 8.42 Å². The fourth-order valence-corrected chi connectivity index (χ4v) is 12.9. The molecule has 21 aliphatic rings. The highest BCUT2D eigenvalue weighted by Crippen LogP contribution is 2.39. The largest absolute Gasteiger partial charge is 0.394 e. The molecule has 0 saturated carbocycles. The van der Waals surface area contributed by atoms with E-state index in [4.69, 9.17) is 66.3 Å². The normalized spacial score (nSPS) is 51.0. The molecule has 22 rings (SSSR count). The average molecular weight is 1270 g/mol. The van der Waals surface area contributed by atoms with Crippen molar-refractivity contribution in [2.24, 2.45) is 0 Å². The van der Waals surface area contributed by atoms with E-state index < -0.39 is 270 Å². The Balaban J connectivity index is 1.03. The van der Waals surface area contributed by atoms with Crippen LogP contribution in [-0.4, -0.2) is 371 Å². The number of aryl methyl sites for hydroxylation is 1. The summed E-state index contributed by atoms with van der Waals surface area (Å²) in [5.74, 6) is -1.13. The van der Waals surface area contributed by atoms with Crippen LogP contribution in [0.1, 0.15) is 5.56 Å². The molecule has 0 aromatic heterocycles. The summed E-state index contributed by atoms with van der Waals surface area (Å²) in [5.41, 5.74) is 0.652. The van der Waals surface area contributed by atoms with Gasteiger partial charge in [0, 0.05) is 0 Å². The third-order valence-electron chi connectivity index (χ3n) is 16.4. The van der Waals surface area contributed by atoms with Gasteiger partial charge in [-0.15, -0.1) is 0 Å². The second kappa shape index (κ2) is 28.4. The molecule has 0 spiro atoms. The molecule has 21 saturated heterocycles. The lowest BCUT2D eigenvalue weighted by Crippen LogP contribution is -2.68. The summed E-state index contributed by atoms with van der Waals surface area (Å²) in [4.78, 5) is -0.293. The van der Waals surface area contributed by atoms with Gasteiger partial charge < -0.3 is 168 Å². The van der Waals surface area contributed by atoms with E-state index in [1.165, 1.54) is 24.3 Å². The Hall–Kier alpha value is -2.19. The molecular weight excluding hydrogens is 1200 g/mol. The minimum atomic E-state index is -4.52. The van der Waals surface area contributed by atoms with Gasteiger partial charge in [-0.1, -0.05) is 17.7 Å². The Bertz CT molecular complexity index is 2410. The van der Waals surface area contributed by atoms with Crippen LogP contribution in [0.5, 0.6) is 0 Å². The first kappa shape index (κ1) is 68.2. The molecule has 0 unspecified atom stereocenters. The van der Waals surface area contributed by atoms with E-state index in [-0.39, 0.29) is 4.90 Å². The van der Waals surface area contributed by atoms with E-state index in [2.05, 4.69) is 0 Å². The number of ether oxygens (including phenoxy) is 14. The maximum Gasteiger partial charge on any atom is 0.187 e. The molecular formula is C49H76O36S. The molecule has 21 heterocycles. The summed E-state index contributed by atoms with van der Waals surface area (Å²) in [5, 5.41) is 223. The lowest BCUT2D eigenvalue weighted by atomic mass is 9.95. The lowest BCUT2D eigenvalue weighted by Gasteiger charge is -2.50. The van der Waals surface area contributed by atoms with E-state index in [9.17, 15) is 111 Å².